The van der Waals surface area contributed by atoms with Crippen molar-refractivity contribution in [2.24, 2.45) is 0 Å². The van der Waals surface area contributed by atoms with Gasteiger partial charge in [0.15, 0.2) is 8.32 Å². The van der Waals surface area contributed by atoms with E-state index in [0.717, 1.165) is 5.56 Å². The highest BCUT2D eigenvalue weighted by Crippen LogP contribution is 2.42. The molecule has 4 heteroatoms. The lowest BCUT2D eigenvalue weighted by molar-refractivity contribution is -0.141. The van der Waals surface area contributed by atoms with Crippen LogP contribution in [0.1, 0.15) is 39.7 Å². The van der Waals surface area contributed by atoms with Crippen molar-refractivity contribution >= 4 is 14.3 Å². The van der Waals surface area contributed by atoms with Crippen molar-refractivity contribution in [2.45, 2.75) is 57.8 Å². The molecule has 0 spiro atoms. The largest absolute Gasteiger partial charge is 0.481 e. The number of hydrogen-bond acceptors (Lipinski definition) is 2. The Hall–Kier alpha value is -1.13. The van der Waals surface area contributed by atoms with E-state index < -0.39 is 19.9 Å². The molecule has 0 aromatic heterocycles. The minimum absolute atomic E-state index is 0.0243. The van der Waals surface area contributed by atoms with E-state index in [4.69, 9.17) is 4.43 Å². The SMILES string of the molecule is CC(CC(=O)O)(O[Si](C)(C)C(C)(C)C)c1ccccc1. The van der Waals surface area contributed by atoms with E-state index in [-0.39, 0.29) is 11.5 Å². The van der Waals surface area contributed by atoms with Crippen LogP contribution in [0.4, 0.5) is 0 Å². The zero-order valence-electron chi connectivity index (χ0n) is 13.4. The summed E-state index contributed by atoms with van der Waals surface area (Å²) in [6.45, 7) is 12.7. The lowest BCUT2D eigenvalue weighted by atomic mass is 9.93. The monoisotopic (exact) mass is 294 g/mol. The Morgan fingerprint density at radius 1 is 1.15 bits per heavy atom. The zero-order valence-corrected chi connectivity index (χ0v) is 14.4. The van der Waals surface area contributed by atoms with Gasteiger partial charge in [-0.25, -0.2) is 0 Å². The van der Waals surface area contributed by atoms with E-state index in [1.807, 2.05) is 37.3 Å². The summed E-state index contributed by atoms with van der Waals surface area (Å²) in [6, 6.07) is 9.65. The molecule has 1 aromatic rings. The van der Waals surface area contributed by atoms with Gasteiger partial charge in [-0.3, -0.25) is 4.79 Å². The Balaban J connectivity index is 3.17. The minimum atomic E-state index is -2.05. The molecule has 0 aliphatic heterocycles. The number of carbonyl (C=O) groups is 1. The first kappa shape index (κ1) is 16.9. The molecule has 0 radical (unpaired) electrons. The molecule has 0 bridgehead atoms. The second kappa shape index (κ2) is 5.70. The lowest BCUT2D eigenvalue weighted by Crippen LogP contribution is -2.48. The van der Waals surface area contributed by atoms with Crippen LogP contribution in [0.15, 0.2) is 30.3 Å². The summed E-state index contributed by atoms with van der Waals surface area (Å²) in [5.74, 6) is -0.838. The lowest BCUT2D eigenvalue weighted by Gasteiger charge is -2.44. The Morgan fingerprint density at radius 3 is 2.05 bits per heavy atom. The molecule has 1 unspecified atom stereocenters. The van der Waals surface area contributed by atoms with Crippen molar-refractivity contribution in [2.75, 3.05) is 0 Å². The predicted octanol–water partition coefficient (Wildman–Crippen LogP) is 4.40. The van der Waals surface area contributed by atoms with Crippen LogP contribution in [0.2, 0.25) is 18.1 Å². The third-order valence-electron chi connectivity index (χ3n) is 4.16. The second-order valence-electron chi connectivity index (χ2n) is 7.03. The molecule has 0 heterocycles. The highest BCUT2D eigenvalue weighted by Gasteiger charge is 2.44. The van der Waals surface area contributed by atoms with E-state index in [2.05, 4.69) is 33.9 Å². The molecule has 1 aromatic carbocycles. The first-order valence-corrected chi connectivity index (χ1v) is 9.86. The van der Waals surface area contributed by atoms with E-state index in [9.17, 15) is 9.90 Å². The molecule has 1 N–H and O–H groups in total. The Bertz CT molecular complexity index is 462. The molecular weight excluding hydrogens is 268 g/mol. The van der Waals surface area contributed by atoms with Gasteiger partial charge in [-0.05, 0) is 30.6 Å². The molecule has 0 amide bonds. The van der Waals surface area contributed by atoms with Gasteiger partial charge >= 0.3 is 5.97 Å². The normalized spacial score (nSPS) is 15.7. The number of carboxylic acid groups (broad SMARTS) is 1. The maximum absolute atomic E-state index is 11.3. The van der Waals surface area contributed by atoms with Crippen molar-refractivity contribution in [1.82, 2.24) is 0 Å². The fraction of sp³-hybridized carbons (Fsp3) is 0.562. The molecule has 112 valence electrons. The third kappa shape index (κ3) is 3.93. The first-order valence-electron chi connectivity index (χ1n) is 6.95. The summed E-state index contributed by atoms with van der Waals surface area (Å²) < 4.78 is 6.44. The third-order valence-corrected chi connectivity index (χ3v) is 8.73. The van der Waals surface area contributed by atoms with Crippen LogP contribution in [-0.2, 0) is 14.8 Å². The molecular formula is C16H26O3Si. The van der Waals surface area contributed by atoms with Gasteiger partial charge in [0, 0.05) is 0 Å². The van der Waals surface area contributed by atoms with E-state index in [1.165, 1.54) is 0 Å². The second-order valence-corrected chi connectivity index (χ2v) is 11.8. The molecule has 0 saturated heterocycles. The van der Waals surface area contributed by atoms with Gasteiger partial charge in [0.05, 0.1) is 12.0 Å². The van der Waals surface area contributed by atoms with Gasteiger partial charge in [-0.15, -0.1) is 0 Å². The summed E-state index contributed by atoms with van der Waals surface area (Å²) in [5, 5.41) is 9.29. The molecule has 0 fully saturated rings. The van der Waals surface area contributed by atoms with Crippen molar-refractivity contribution in [1.29, 1.82) is 0 Å². The minimum Gasteiger partial charge on any atom is -0.481 e. The number of rotatable bonds is 5. The number of hydrogen-bond donors (Lipinski definition) is 1. The van der Waals surface area contributed by atoms with E-state index in [0.29, 0.717) is 0 Å². The van der Waals surface area contributed by atoms with Crippen LogP contribution in [0.25, 0.3) is 0 Å². The molecule has 1 rings (SSSR count). The van der Waals surface area contributed by atoms with Gasteiger partial charge in [-0.2, -0.15) is 0 Å². The number of aliphatic carboxylic acids is 1. The first-order chi connectivity index (χ1) is 8.98. The maximum Gasteiger partial charge on any atom is 0.306 e. The van der Waals surface area contributed by atoms with Gasteiger partial charge in [-0.1, -0.05) is 51.1 Å². The molecule has 20 heavy (non-hydrogen) atoms. The highest BCUT2D eigenvalue weighted by atomic mass is 28.4. The van der Waals surface area contributed by atoms with Crippen molar-refractivity contribution in [3.05, 3.63) is 35.9 Å². The summed E-state index contributed by atoms with van der Waals surface area (Å²) in [4.78, 5) is 11.3. The Kier molecular flexibility index (Phi) is 4.82. The average Bonchev–Trinajstić information content (AvgIpc) is 2.26. The van der Waals surface area contributed by atoms with Crippen LogP contribution in [0, 0.1) is 0 Å². The summed E-state index contributed by atoms with van der Waals surface area (Å²) in [7, 11) is -2.05. The predicted molar refractivity (Wildman–Crippen MR) is 84.3 cm³/mol. The topological polar surface area (TPSA) is 46.5 Å². The van der Waals surface area contributed by atoms with E-state index >= 15 is 0 Å². The molecule has 0 aliphatic carbocycles. The molecule has 1 atom stereocenters. The summed E-state index contributed by atoms with van der Waals surface area (Å²) >= 11 is 0. The van der Waals surface area contributed by atoms with Gasteiger partial charge in [0.25, 0.3) is 0 Å². The Morgan fingerprint density at radius 2 is 1.65 bits per heavy atom. The van der Waals surface area contributed by atoms with Crippen LogP contribution in [0.3, 0.4) is 0 Å². The molecule has 3 nitrogen and oxygen atoms in total. The number of carboxylic acids is 1. The summed E-state index contributed by atoms with van der Waals surface area (Å²) in [6.07, 6.45) is -0.0243. The van der Waals surface area contributed by atoms with Crippen LogP contribution >= 0.6 is 0 Å². The van der Waals surface area contributed by atoms with Crippen LogP contribution < -0.4 is 0 Å². The van der Waals surface area contributed by atoms with Gasteiger partial charge < -0.3 is 9.53 Å². The quantitative estimate of drug-likeness (QED) is 0.819. The van der Waals surface area contributed by atoms with E-state index in [1.54, 1.807) is 0 Å². The average molecular weight is 294 g/mol. The number of benzene rings is 1. The smallest absolute Gasteiger partial charge is 0.306 e. The van der Waals surface area contributed by atoms with Crippen molar-refractivity contribution in [3.63, 3.8) is 0 Å². The van der Waals surface area contributed by atoms with Crippen molar-refractivity contribution in [3.8, 4) is 0 Å². The maximum atomic E-state index is 11.3. The van der Waals surface area contributed by atoms with Gasteiger partial charge in [0.2, 0.25) is 0 Å². The fourth-order valence-electron chi connectivity index (χ4n) is 1.99. The molecule has 0 saturated carbocycles. The van der Waals surface area contributed by atoms with Gasteiger partial charge in [0.1, 0.15) is 0 Å². The van der Waals surface area contributed by atoms with Crippen LogP contribution in [0.5, 0.6) is 0 Å². The van der Waals surface area contributed by atoms with Crippen LogP contribution in [-0.4, -0.2) is 19.4 Å². The zero-order chi connectivity index (χ0) is 15.6. The Labute approximate surface area is 123 Å². The highest BCUT2D eigenvalue weighted by molar-refractivity contribution is 6.74. The molecule has 0 aliphatic rings. The summed E-state index contributed by atoms with van der Waals surface area (Å²) in [5.41, 5.74) is 0.142. The van der Waals surface area contributed by atoms with Crippen molar-refractivity contribution < 1.29 is 14.3 Å². The standard InChI is InChI=1S/C16H26O3Si/c1-15(2,3)20(5,6)19-16(4,12-14(17)18)13-10-8-7-9-11-13/h7-11H,12H2,1-6H3,(H,17,18). The fourth-order valence-corrected chi connectivity index (χ4v) is 3.62.